The van der Waals surface area contributed by atoms with E-state index in [1.165, 1.54) is 19.3 Å². The van der Waals surface area contributed by atoms with E-state index >= 15 is 0 Å². The van der Waals surface area contributed by atoms with E-state index in [1.54, 1.807) is 4.31 Å². The maximum atomic E-state index is 12.6. The molecule has 2 atom stereocenters. The quantitative estimate of drug-likeness (QED) is 0.701. The van der Waals surface area contributed by atoms with E-state index in [1.807, 2.05) is 6.92 Å². The lowest BCUT2D eigenvalue weighted by Crippen LogP contribution is -2.42. The molecular weight excluding hydrogens is 272 g/mol. The Morgan fingerprint density at radius 3 is 2.60 bits per heavy atom. The van der Waals surface area contributed by atoms with Gasteiger partial charge in [0.05, 0.1) is 5.25 Å². The van der Waals surface area contributed by atoms with E-state index in [0.29, 0.717) is 25.6 Å². The Labute approximate surface area is 125 Å². The number of nitrogens with zero attached hydrogens (tertiary/aromatic N) is 1. The zero-order valence-electron chi connectivity index (χ0n) is 13.4. The number of hydrogen-bond acceptors (Lipinski definition) is 3. The average Bonchev–Trinajstić information content (AvgIpc) is 2.65. The topological polar surface area (TPSA) is 49.4 Å². The molecule has 20 heavy (non-hydrogen) atoms. The third kappa shape index (κ3) is 5.34. The van der Waals surface area contributed by atoms with Crippen LogP contribution >= 0.6 is 0 Å². The normalized spacial score (nSPS) is 23.4. The van der Waals surface area contributed by atoms with Gasteiger partial charge in [-0.2, -0.15) is 0 Å². The Hall–Kier alpha value is -0.130. The summed E-state index contributed by atoms with van der Waals surface area (Å²) in [5.74, 6) is 0.716. The molecule has 0 radical (unpaired) electrons. The van der Waals surface area contributed by atoms with Crippen molar-refractivity contribution in [2.45, 2.75) is 64.5 Å². The fraction of sp³-hybridized carbons (Fsp3) is 1.00. The molecule has 0 aromatic rings. The van der Waals surface area contributed by atoms with Crippen molar-refractivity contribution in [3.63, 3.8) is 0 Å². The van der Waals surface area contributed by atoms with Gasteiger partial charge in [-0.25, -0.2) is 12.7 Å². The van der Waals surface area contributed by atoms with Crippen molar-refractivity contribution < 1.29 is 8.42 Å². The van der Waals surface area contributed by atoms with Gasteiger partial charge in [-0.15, -0.1) is 0 Å². The minimum Gasteiger partial charge on any atom is -0.315 e. The molecular formula is C15H32N2O2S. The fourth-order valence-electron chi connectivity index (χ4n) is 2.93. The largest absolute Gasteiger partial charge is 0.315 e. The molecule has 0 aliphatic carbocycles. The number of hydrogen-bond donors (Lipinski definition) is 1. The third-order valence-electron chi connectivity index (χ3n) is 4.23. The molecule has 1 aliphatic heterocycles. The predicted molar refractivity (Wildman–Crippen MR) is 85.4 cm³/mol. The highest BCUT2D eigenvalue weighted by Crippen LogP contribution is 2.24. The highest BCUT2D eigenvalue weighted by atomic mass is 32.2. The van der Waals surface area contributed by atoms with Gasteiger partial charge in [0.25, 0.3) is 0 Å². The van der Waals surface area contributed by atoms with Crippen molar-refractivity contribution in [2.24, 2.45) is 5.92 Å². The van der Waals surface area contributed by atoms with Crippen LogP contribution in [0.2, 0.25) is 0 Å². The monoisotopic (exact) mass is 304 g/mol. The lowest BCUT2D eigenvalue weighted by molar-refractivity contribution is 0.395. The van der Waals surface area contributed by atoms with Crippen LogP contribution in [0, 0.1) is 5.92 Å². The van der Waals surface area contributed by atoms with Crippen molar-refractivity contribution in [3.05, 3.63) is 0 Å². The van der Waals surface area contributed by atoms with Gasteiger partial charge in [0, 0.05) is 19.6 Å². The standard InChI is InChI=1S/C15H32N2O2S/c1-4-7-15-8-6-11-17(12-9-15)20(18,19)14(3)13-16-10-5-2/h14-16H,4-13H2,1-3H3. The summed E-state index contributed by atoms with van der Waals surface area (Å²) in [6.45, 7) is 9.00. The molecule has 5 heteroatoms. The van der Waals surface area contributed by atoms with Crippen LogP contribution in [-0.4, -0.2) is 44.2 Å². The highest BCUT2D eigenvalue weighted by molar-refractivity contribution is 7.89. The molecule has 1 N–H and O–H groups in total. The minimum absolute atomic E-state index is 0.322. The van der Waals surface area contributed by atoms with Crippen molar-refractivity contribution in [2.75, 3.05) is 26.2 Å². The van der Waals surface area contributed by atoms with Crippen LogP contribution in [0.5, 0.6) is 0 Å². The first-order valence-corrected chi connectivity index (χ1v) is 9.72. The molecule has 0 aromatic carbocycles. The molecule has 1 saturated heterocycles. The summed E-state index contributed by atoms with van der Waals surface area (Å²) < 4.78 is 26.9. The molecule has 0 aromatic heterocycles. The van der Waals surface area contributed by atoms with Gasteiger partial charge in [-0.05, 0) is 45.1 Å². The second-order valence-corrected chi connectivity index (χ2v) is 8.40. The van der Waals surface area contributed by atoms with Crippen LogP contribution in [0.4, 0.5) is 0 Å². The van der Waals surface area contributed by atoms with Crippen LogP contribution in [-0.2, 0) is 10.0 Å². The van der Waals surface area contributed by atoms with E-state index in [0.717, 1.165) is 25.8 Å². The van der Waals surface area contributed by atoms with Crippen molar-refractivity contribution >= 4 is 10.0 Å². The Kier molecular flexibility index (Phi) is 8.07. The van der Waals surface area contributed by atoms with Crippen LogP contribution in [0.25, 0.3) is 0 Å². The van der Waals surface area contributed by atoms with E-state index < -0.39 is 10.0 Å². The third-order valence-corrected chi connectivity index (χ3v) is 6.50. The zero-order valence-corrected chi connectivity index (χ0v) is 14.2. The SMILES string of the molecule is CCCNCC(C)S(=O)(=O)N1CCCC(CCC)CC1. The molecule has 0 bridgehead atoms. The molecule has 1 fully saturated rings. The van der Waals surface area contributed by atoms with E-state index in [4.69, 9.17) is 0 Å². The lowest BCUT2D eigenvalue weighted by Gasteiger charge is -2.24. The van der Waals surface area contributed by atoms with Gasteiger partial charge < -0.3 is 5.32 Å². The lowest BCUT2D eigenvalue weighted by atomic mass is 9.96. The Morgan fingerprint density at radius 2 is 1.95 bits per heavy atom. The molecule has 1 rings (SSSR count). The second kappa shape index (κ2) is 9.00. The number of sulfonamides is 1. The molecule has 0 spiro atoms. The smallest absolute Gasteiger partial charge is 0.217 e. The van der Waals surface area contributed by atoms with Crippen LogP contribution < -0.4 is 5.32 Å². The molecule has 1 aliphatic rings. The Bertz CT molecular complexity index is 357. The second-order valence-electron chi connectivity index (χ2n) is 6.04. The highest BCUT2D eigenvalue weighted by Gasteiger charge is 2.30. The summed E-state index contributed by atoms with van der Waals surface area (Å²) in [6, 6.07) is 0. The summed E-state index contributed by atoms with van der Waals surface area (Å²) in [5.41, 5.74) is 0. The molecule has 120 valence electrons. The maximum Gasteiger partial charge on any atom is 0.217 e. The van der Waals surface area contributed by atoms with Crippen LogP contribution in [0.3, 0.4) is 0 Å². The summed E-state index contributed by atoms with van der Waals surface area (Å²) >= 11 is 0. The maximum absolute atomic E-state index is 12.6. The van der Waals surface area contributed by atoms with E-state index in [9.17, 15) is 8.42 Å². The first-order valence-electron chi connectivity index (χ1n) is 8.22. The molecule has 0 amide bonds. The van der Waals surface area contributed by atoms with E-state index in [2.05, 4.69) is 19.2 Å². The van der Waals surface area contributed by atoms with Gasteiger partial charge >= 0.3 is 0 Å². The summed E-state index contributed by atoms with van der Waals surface area (Å²) in [7, 11) is -3.13. The fourth-order valence-corrected chi connectivity index (χ4v) is 4.51. The van der Waals surface area contributed by atoms with Crippen LogP contribution in [0.1, 0.15) is 59.3 Å². The van der Waals surface area contributed by atoms with Crippen molar-refractivity contribution in [1.29, 1.82) is 0 Å². The van der Waals surface area contributed by atoms with Crippen molar-refractivity contribution in [1.82, 2.24) is 9.62 Å². The first kappa shape index (κ1) is 17.9. The Morgan fingerprint density at radius 1 is 1.20 bits per heavy atom. The summed E-state index contributed by atoms with van der Waals surface area (Å²) in [5, 5.41) is 2.90. The summed E-state index contributed by atoms with van der Waals surface area (Å²) in [4.78, 5) is 0. The minimum atomic E-state index is -3.13. The molecule has 4 nitrogen and oxygen atoms in total. The number of rotatable bonds is 8. The number of nitrogens with one attached hydrogen (secondary N) is 1. The van der Waals surface area contributed by atoms with Gasteiger partial charge in [-0.3, -0.25) is 0 Å². The van der Waals surface area contributed by atoms with Gasteiger partial charge in [-0.1, -0.05) is 26.7 Å². The zero-order chi connectivity index (χ0) is 15.0. The predicted octanol–water partition coefficient (Wildman–Crippen LogP) is 2.61. The Balaban J connectivity index is 2.54. The first-order chi connectivity index (χ1) is 9.52. The molecule has 0 saturated carbocycles. The van der Waals surface area contributed by atoms with Gasteiger partial charge in [0.1, 0.15) is 0 Å². The summed E-state index contributed by atoms with van der Waals surface area (Å²) in [6.07, 6.45) is 6.70. The average molecular weight is 305 g/mol. The molecule has 1 heterocycles. The van der Waals surface area contributed by atoms with Gasteiger partial charge in [0.2, 0.25) is 10.0 Å². The van der Waals surface area contributed by atoms with Gasteiger partial charge in [0.15, 0.2) is 0 Å². The molecule has 2 unspecified atom stereocenters. The van der Waals surface area contributed by atoms with Crippen molar-refractivity contribution in [3.8, 4) is 0 Å². The van der Waals surface area contributed by atoms with Crippen LogP contribution in [0.15, 0.2) is 0 Å². The van der Waals surface area contributed by atoms with E-state index in [-0.39, 0.29) is 5.25 Å².